The van der Waals surface area contributed by atoms with Crippen molar-refractivity contribution < 1.29 is 14.3 Å². The molecule has 3 heterocycles. The lowest BCUT2D eigenvalue weighted by atomic mass is 9.98. The molecule has 0 aliphatic carbocycles. The minimum atomic E-state index is 0.157. The predicted octanol–water partition coefficient (Wildman–Crippen LogP) is -0.200. The molecule has 0 radical (unpaired) electrons. The highest BCUT2D eigenvalue weighted by molar-refractivity contribution is 5.76. The molecule has 1 aromatic rings. The van der Waals surface area contributed by atoms with Crippen molar-refractivity contribution in [3.63, 3.8) is 0 Å². The number of ether oxygens (including phenoxy) is 2. The van der Waals surface area contributed by atoms with Gasteiger partial charge in [-0.3, -0.25) is 20.6 Å². The van der Waals surface area contributed by atoms with E-state index in [9.17, 15) is 4.79 Å². The van der Waals surface area contributed by atoms with Gasteiger partial charge in [-0.1, -0.05) is 0 Å². The van der Waals surface area contributed by atoms with Crippen LogP contribution in [0.5, 0.6) is 5.75 Å². The van der Waals surface area contributed by atoms with E-state index < -0.39 is 0 Å². The van der Waals surface area contributed by atoms with Crippen LogP contribution < -0.4 is 15.6 Å². The van der Waals surface area contributed by atoms with E-state index in [2.05, 4.69) is 15.8 Å². The Kier molecular flexibility index (Phi) is 4.87. The fourth-order valence-electron chi connectivity index (χ4n) is 3.05. The summed E-state index contributed by atoms with van der Waals surface area (Å²) in [6.45, 7) is 2.53. The van der Waals surface area contributed by atoms with Crippen molar-refractivity contribution in [2.24, 2.45) is 5.92 Å². The zero-order chi connectivity index (χ0) is 15.4. The summed E-state index contributed by atoms with van der Waals surface area (Å²) in [6.07, 6.45) is 3.87. The number of amides is 1. The number of carbonyl (C=O) groups excluding carboxylic acids is 1. The van der Waals surface area contributed by atoms with Crippen LogP contribution in [0.15, 0.2) is 24.5 Å². The lowest BCUT2D eigenvalue weighted by Gasteiger charge is -2.21. The summed E-state index contributed by atoms with van der Waals surface area (Å²) in [7, 11) is 1.61. The Morgan fingerprint density at radius 1 is 1.45 bits per heavy atom. The highest BCUT2D eigenvalue weighted by Crippen LogP contribution is 2.25. The summed E-state index contributed by atoms with van der Waals surface area (Å²) >= 11 is 0. The average molecular weight is 306 g/mol. The molecule has 1 aromatic heterocycles. The Labute approximate surface area is 130 Å². The van der Waals surface area contributed by atoms with Crippen LogP contribution in [-0.2, 0) is 9.53 Å². The molecule has 0 saturated carbocycles. The molecule has 22 heavy (non-hydrogen) atoms. The van der Waals surface area contributed by atoms with Gasteiger partial charge in [0.25, 0.3) is 0 Å². The highest BCUT2D eigenvalue weighted by atomic mass is 16.5. The molecular formula is C15H22N4O3. The fourth-order valence-corrected chi connectivity index (χ4v) is 3.05. The van der Waals surface area contributed by atoms with Gasteiger partial charge in [0.2, 0.25) is 5.91 Å². The standard InChI is InChI=1S/C15H22N4O3/c1-21-6-4-15(20)19-8-12-13(9-19)17-18-14(12)10-22-11-3-2-5-16-7-11/h2-3,5,7,12-14,17-18H,4,6,8-10H2,1H3. The van der Waals surface area contributed by atoms with Gasteiger partial charge in [0, 0.05) is 38.4 Å². The molecule has 2 saturated heterocycles. The third-order valence-electron chi connectivity index (χ3n) is 4.27. The number of methoxy groups -OCH3 is 1. The second-order valence-electron chi connectivity index (χ2n) is 5.71. The van der Waals surface area contributed by atoms with Gasteiger partial charge in [0.05, 0.1) is 25.3 Å². The molecule has 3 unspecified atom stereocenters. The van der Waals surface area contributed by atoms with Crippen LogP contribution in [0.3, 0.4) is 0 Å². The van der Waals surface area contributed by atoms with Gasteiger partial charge in [-0.15, -0.1) is 0 Å². The first-order chi connectivity index (χ1) is 10.8. The number of hydrogen-bond donors (Lipinski definition) is 2. The van der Waals surface area contributed by atoms with Crippen LogP contribution in [0, 0.1) is 5.92 Å². The smallest absolute Gasteiger partial charge is 0.224 e. The molecule has 3 atom stereocenters. The lowest BCUT2D eigenvalue weighted by Crippen LogP contribution is -2.42. The van der Waals surface area contributed by atoms with Crippen molar-refractivity contribution in [2.45, 2.75) is 18.5 Å². The maximum atomic E-state index is 12.1. The van der Waals surface area contributed by atoms with E-state index in [1.54, 1.807) is 19.5 Å². The third kappa shape index (κ3) is 3.37. The summed E-state index contributed by atoms with van der Waals surface area (Å²) in [5, 5.41) is 0. The summed E-state index contributed by atoms with van der Waals surface area (Å²) in [5.74, 6) is 1.28. The molecule has 0 bridgehead atoms. The normalized spacial score (nSPS) is 27.0. The summed E-state index contributed by atoms with van der Waals surface area (Å²) in [5.41, 5.74) is 6.55. The minimum absolute atomic E-state index is 0.157. The fraction of sp³-hybridized carbons (Fsp3) is 0.600. The van der Waals surface area contributed by atoms with Gasteiger partial charge in [0.1, 0.15) is 12.4 Å². The number of hydrogen-bond acceptors (Lipinski definition) is 6. The number of carbonyl (C=O) groups is 1. The van der Waals surface area contributed by atoms with Gasteiger partial charge < -0.3 is 14.4 Å². The Bertz CT molecular complexity index is 499. The SMILES string of the molecule is COCCC(=O)N1CC2NNC(COc3cccnc3)C2C1. The predicted molar refractivity (Wildman–Crippen MR) is 80.1 cm³/mol. The molecule has 2 N–H and O–H groups in total. The van der Waals surface area contributed by atoms with Crippen LogP contribution in [-0.4, -0.2) is 61.3 Å². The molecule has 7 heteroatoms. The molecule has 7 nitrogen and oxygen atoms in total. The largest absolute Gasteiger partial charge is 0.490 e. The second kappa shape index (κ2) is 7.04. The highest BCUT2D eigenvalue weighted by Gasteiger charge is 2.44. The van der Waals surface area contributed by atoms with Gasteiger partial charge >= 0.3 is 0 Å². The summed E-state index contributed by atoms with van der Waals surface area (Å²) in [6, 6.07) is 4.21. The van der Waals surface area contributed by atoms with Crippen molar-refractivity contribution in [2.75, 3.05) is 33.4 Å². The average Bonchev–Trinajstić information content (AvgIpc) is 3.12. The van der Waals surface area contributed by atoms with Crippen LogP contribution in [0.1, 0.15) is 6.42 Å². The van der Waals surface area contributed by atoms with E-state index in [1.165, 1.54) is 0 Å². The summed E-state index contributed by atoms with van der Waals surface area (Å²) < 4.78 is 10.7. The molecule has 0 aromatic carbocycles. The third-order valence-corrected chi connectivity index (χ3v) is 4.27. The molecule has 0 spiro atoms. The van der Waals surface area contributed by atoms with Crippen LogP contribution in [0.2, 0.25) is 0 Å². The van der Waals surface area contributed by atoms with E-state index in [1.807, 2.05) is 17.0 Å². The van der Waals surface area contributed by atoms with Crippen LogP contribution >= 0.6 is 0 Å². The van der Waals surface area contributed by atoms with E-state index in [-0.39, 0.29) is 18.0 Å². The minimum Gasteiger partial charge on any atom is -0.490 e. The molecule has 2 aliphatic rings. The number of likely N-dealkylation sites (tertiary alicyclic amines) is 1. The van der Waals surface area contributed by atoms with E-state index in [0.29, 0.717) is 25.6 Å². The maximum Gasteiger partial charge on any atom is 0.224 e. The van der Waals surface area contributed by atoms with Gasteiger partial charge in [-0.25, -0.2) is 0 Å². The molecule has 1 amide bonds. The molecule has 3 rings (SSSR count). The van der Waals surface area contributed by atoms with Crippen molar-refractivity contribution in [3.05, 3.63) is 24.5 Å². The Morgan fingerprint density at radius 3 is 3.14 bits per heavy atom. The van der Waals surface area contributed by atoms with Crippen LogP contribution in [0.4, 0.5) is 0 Å². The number of pyridine rings is 1. The van der Waals surface area contributed by atoms with Crippen molar-refractivity contribution in [1.29, 1.82) is 0 Å². The molecule has 2 fully saturated rings. The van der Waals surface area contributed by atoms with E-state index >= 15 is 0 Å². The first kappa shape index (κ1) is 15.2. The van der Waals surface area contributed by atoms with Crippen molar-refractivity contribution >= 4 is 5.91 Å². The first-order valence-electron chi connectivity index (χ1n) is 7.58. The number of fused-ring (bicyclic) bond motifs is 1. The Hall–Kier alpha value is -1.70. The van der Waals surface area contributed by atoms with E-state index in [0.717, 1.165) is 18.8 Å². The van der Waals surface area contributed by atoms with Gasteiger partial charge in [-0.05, 0) is 12.1 Å². The number of nitrogens with one attached hydrogen (secondary N) is 2. The monoisotopic (exact) mass is 306 g/mol. The molecule has 2 aliphatic heterocycles. The van der Waals surface area contributed by atoms with Gasteiger partial charge in [0.15, 0.2) is 0 Å². The second-order valence-corrected chi connectivity index (χ2v) is 5.71. The van der Waals surface area contributed by atoms with Crippen molar-refractivity contribution in [1.82, 2.24) is 20.7 Å². The summed E-state index contributed by atoms with van der Waals surface area (Å²) in [4.78, 5) is 18.0. The van der Waals surface area contributed by atoms with Crippen molar-refractivity contribution in [3.8, 4) is 5.75 Å². The Balaban J connectivity index is 1.51. The number of rotatable bonds is 6. The quantitative estimate of drug-likeness (QED) is 0.758. The molecular weight excluding hydrogens is 284 g/mol. The zero-order valence-electron chi connectivity index (χ0n) is 12.7. The zero-order valence-corrected chi connectivity index (χ0v) is 12.7. The Morgan fingerprint density at radius 2 is 2.36 bits per heavy atom. The van der Waals surface area contributed by atoms with Crippen LogP contribution in [0.25, 0.3) is 0 Å². The van der Waals surface area contributed by atoms with Gasteiger partial charge in [-0.2, -0.15) is 0 Å². The molecule has 120 valence electrons. The first-order valence-corrected chi connectivity index (χ1v) is 7.58. The number of nitrogens with zero attached hydrogens (tertiary/aromatic N) is 2. The maximum absolute atomic E-state index is 12.1. The lowest BCUT2D eigenvalue weighted by molar-refractivity contribution is -0.131. The van der Waals surface area contributed by atoms with E-state index in [4.69, 9.17) is 9.47 Å². The topological polar surface area (TPSA) is 75.7 Å². The number of aromatic nitrogens is 1. The number of hydrazine groups is 1.